The molecule has 2 aliphatic heterocycles. The molecule has 0 N–H and O–H groups in total. The SMILES string of the molecule is O=C1Oc2ccccc2C(=O)/C1=C/c1ccc2c(c1)OCO2. The molecule has 0 radical (unpaired) electrons. The van der Waals surface area contributed by atoms with Crippen LogP contribution in [0.3, 0.4) is 0 Å². The van der Waals surface area contributed by atoms with Crippen molar-refractivity contribution < 1.29 is 23.8 Å². The molecule has 2 aromatic carbocycles. The first-order chi connectivity index (χ1) is 10.7. The van der Waals surface area contributed by atoms with Gasteiger partial charge in [0.05, 0.1) is 5.56 Å². The fourth-order valence-electron chi connectivity index (χ4n) is 2.43. The Bertz CT molecular complexity index is 835. The lowest BCUT2D eigenvalue weighted by Crippen LogP contribution is -2.24. The number of hydrogen-bond donors (Lipinski definition) is 0. The van der Waals surface area contributed by atoms with Crippen LogP contribution in [0.1, 0.15) is 15.9 Å². The van der Waals surface area contributed by atoms with Gasteiger partial charge in [0.25, 0.3) is 0 Å². The monoisotopic (exact) mass is 294 g/mol. The lowest BCUT2D eigenvalue weighted by atomic mass is 9.98. The van der Waals surface area contributed by atoms with Crippen molar-refractivity contribution in [1.82, 2.24) is 0 Å². The quantitative estimate of drug-likeness (QED) is 0.350. The lowest BCUT2D eigenvalue weighted by molar-refractivity contribution is -0.130. The van der Waals surface area contributed by atoms with Gasteiger partial charge in [-0.1, -0.05) is 18.2 Å². The highest BCUT2D eigenvalue weighted by Crippen LogP contribution is 2.34. The third-order valence-electron chi connectivity index (χ3n) is 3.51. The van der Waals surface area contributed by atoms with Crippen LogP contribution in [0.5, 0.6) is 17.2 Å². The van der Waals surface area contributed by atoms with E-state index in [-0.39, 0.29) is 18.1 Å². The minimum atomic E-state index is -0.652. The van der Waals surface area contributed by atoms with Gasteiger partial charge in [-0.25, -0.2) is 4.79 Å². The molecule has 5 nitrogen and oxygen atoms in total. The first-order valence-corrected chi connectivity index (χ1v) is 6.69. The number of rotatable bonds is 1. The van der Waals surface area contributed by atoms with Crippen LogP contribution in [0.4, 0.5) is 0 Å². The number of carbonyl (C=O) groups is 2. The second-order valence-electron chi connectivity index (χ2n) is 4.89. The van der Waals surface area contributed by atoms with E-state index in [1.54, 1.807) is 42.5 Å². The van der Waals surface area contributed by atoms with Gasteiger partial charge in [-0.05, 0) is 35.9 Å². The first-order valence-electron chi connectivity index (χ1n) is 6.69. The molecule has 2 aromatic rings. The maximum atomic E-state index is 12.4. The zero-order chi connectivity index (χ0) is 15.1. The molecule has 5 heteroatoms. The number of ketones is 1. The standard InChI is InChI=1S/C17H10O5/c18-16-11-3-1-2-4-13(11)22-17(19)12(16)7-10-5-6-14-15(8-10)21-9-20-14/h1-8H,9H2/b12-7-. The van der Waals surface area contributed by atoms with Crippen LogP contribution < -0.4 is 14.2 Å². The summed E-state index contributed by atoms with van der Waals surface area (Å²) in [6.07, 6.45) is 1.50. The Morgan fingerprint density at radius 2 is 1.73 bits per heavy atom. The number of para-hydroxylation sites is 1. The minimum absolute atomic E-state index is 0.00225. The van der Waals surface area contributed by atoms with Crippen molar-refractivity contribution in [1.29, 1.82) is 0 Å². The molecule has 0 saturated carbocycles. The molecule has 2 heterocycles. The zero-order valence-electron chi connectivity index (χ0n) is 11.4. The van der Waals surface area contributed by atoms with E-state index in [0.29, 0.717) is 28.4 Å². The van der Waals surface area contributed by atoms with E-state index in [0.717, 1.165) is 0 Å². The molecule has 4 rings (SSSR count). The molecule has 2 aliphatic rings. The molecule has 0 amide bonds. The zero-order valence-corrected chi connectivity index (χ0v) is 11.4. The van der Waals surface area contributed by atoms with Crippen LogP contribution in [0.2, 0.25) is 0 Å². The van der Waals surface area contributed by atoms with Crippen molar-refractivity contribution in [2.75, 3.05) is 6.79 Å². The number of ether oxygens (including phenoxy) is 3. The average molecular weight is 294 g/mol. The Morgan fingerprint density at radius 1 is 0.909 bits per heavy atom. The molecule has 0 bridgehead atoms. The fraction of sp³-hybridized carbons (Fsp3) is 0.0588. The highest BCUT2D eigenvalue weighted by molar-refractivity contribution is 6.30. The van der Waals surface area contributed by atoms with Crippen LogP contribution in [0.15, 0.2) is 48.0 Å². The molecular formula is C17H10O5. The van der Waals surface area contributed by atoms with Crippen LogP contribution >= 0.6 is 0 Å². The largest absolute Gasteiger partial charge is 0.454 e. The average Bonchev–Trinajstić information content (AvgIpc) is 2.99. The van der Waals surface area contributed by atoms with Gasteiger partial charge in [-0.3, -0.25) is 4.79 Å². The number of hydrogen-bond acceptors (Lipinski definition) is 5. The second kappa shape index (κ2) is 4.73. The van der Waals surface area contributed by atoms with E-state index in [1.165, 1.54) is 6.08 Å². The van der Waals surface area contributed by atoms with Crippen molar-refractivity contribution in [2.24, 2.45) is 0 Å². The number of esters is 1. The smallest absolute Gasteiger partial charge is 0.347 e. The van der Waals surface area contributed by atoms with Crippen LogP contribution in [-0.4, -0.2) is 18.5 Å². The molecule has 0 saturated heterocycles. The van der Waals surface area contributed by atoms with Gasteiger partial charge in [0, 0.05) is 0 Å². The van der Waals surface area contributed by atoms with Crippen molar-refractivity contribution in [3.8, 4) is 17.2 Å². The second-order valence-corrected chi connectivity index (χ2v) is 4.89. The van der Waals surface area contributed by atoms with Crippen molar-refractivity contribution in [3.63, 3.8) is 0 Å². The van der Waals surface area contributed by atoms with E-state index >= 15 is 0 Å². The predicted octanol–water partition coefficient (Wildman–Crippen LogP) is 2.60. The normalized spacial score (nSPS) is 17.4. The highest BCUT2D eigenvalue weighted by Gasteiger charge is 2.30. The molecule has 22 heavy (non-hydrogen) atoms. The van der Waals surface area contributed by atoms with Gasteiger partial charge in [0.15, 0.2) is 11.5 Å². The summed E-state index contributed by atoms with van der Waals surface area (Å²) in [5, 5.41) is 0. The van der Waals surface area contributed by atoms with Crippen molar-refractivity contribution >= 4 is 17.8 Å². The number of carbonyl (C=O) groups excluding carboxylic acids is 2. The molecule has 0 atom stereocenters. The lowest BCUT2D eigenvalue weighted by Gasteiger charge is -2.16. The number of benzene rings is 2. The maximum Gasteiger partial charge on any atom is 0.347 e. The Kier molecular flexibility index (Phi) is 2.72. The first kappa shape index (κ1) is 12.6. The number of fused-ring (bicyclic) bond motifs is 2. The Balaban J connectivity index is 1.76. The molecule has 0 aromatic heterocycles. The molecule has 0 spiro atoms. The summed E-state index contributed by atoms with van der Waals surface area (Å²) >= 11 is 0. The van der Waals surface area contributed by atoms with E-state index in [9.17, 15) is 9.59 Å². The predicted molar refractivity (Wildman–Crippen MR) is 76.9 cm³/mol. The summed E-state index contributed by atoms with van der Waals surface area (Å²) in [6, 6.07) is 11.9. The van der Waals surface area contributed by atoms with Gasteiger partial charge in [-0.2, -0.15) is 0 Å². The van der Waals surface area contributed by atoms with E-state index in [2.05, 4.69) is 0 Å². The summed E-state index contributed by atoms with van der Waals surface area (Å²) in [5.74, 6) is 0.530. The van der Waals surface area contributed by atoms with E-state index in [1.807, 2.05) is 0 Å². The van der Waals surface area contributed by atoms with Crippen LogP contribution in [0.25, 0.3) is 6.08 Å². The Labute approximate surface area is 125 Å². The van der Waals surface area contributed by atoms with Gasteiger partial charge < -0.3 is 14.2 Å². The molecule has 0 unspecified atom stereocenters. The summed E-state index contributed by atoms with van der Waals surface area (Å²) < 4.78 is 15.7. The maximum absolute atomic E-state index is 12.4. The molecule has 108 valence electrons. The van der Waals surface area contributed by atoms with Crippen molar-refractivity contribution in [2.45, 2.75) is 0 Å². The van der Waals surface area contributed by atoms with Gasteiger partial charge in [0.2, 0.25) is 12.6 Å². The Hall–Kier alpha value is -3.08. The third-order valence-corrected chi connectivity index (χ3v) is 3.51. The van der Waals surface area contributed by atoms with E-state index in [4.69, 9.17) is 14.2 Å². The summed E-state index contributed by atoms with van der Waals surface area (Å²) in [7, 11) is 0. The van der Waals surface area contributed by atoms with Crippen LogP contribution in [0, 0.1) is 0 Å². The molecule has 0 fully saturated rings. The summed E-state index contributed by atoms with van der Waals surface area (Å²) in [6.45, 7) is 0.170. The minimum Gasteiger partial charge on any atom is -0.454 e. The highest BCUT2D eigenvalue weighted by atomic mass is 16.7. The third kappa shape index (κ3) is 1.95. The van der Waals surface area contributed by atoms with Gasteiger partial charge in [-0.15, -0.1) is 0 Å². The topological polar surface area (TPSA) is 61.8 Å². The Morgan fingerprint density at radius 3 is 2.64 bits per heavy atom. The summed E-state index contributed by atoms with van der Waals surface area (Å²) in [4.78, 5) is 24.5. The van der Waals surface area contributed by atoms with Crippen LogP contribution in [-0.2, 0) is 4.79 Å². The molecular weight excluding hydrogens is 284 g/mol. The van der Waals surface area contributed by atoms with Gasteiger partial charge in [0.1, 0.15) is 11.3 Å². The summed E-state index contributed by atoms with van der Waals surface area (Å²) in [5.41, 5.74) is 1.05. The molecule has 0 aliphatic carbocycles. The van der Waals surface area contributed by atoms with Gasteiger partial charge >= 0.3 is 5.97 Å². The number of Topliss-reactive ketones (excluding diaryl/α,β-unsaturated/α-hetero) is 1. The van der Waals surface area contributed by atoms with Crippen molar-refractivity contribution in [3.05, 3.63) is 59.2 Å². The van der Waals surface area contributed by atoms with E-state index < -0.39 is 5.97 Å². The fourth-order valence-corrected chi connectivity index (χ4v) is 2.43.